The number of nitrogens with one attached hydrogen (secondary N) is 1. The molecule has 2 N–H and O–H groups in total. The van der Waals surface area contributed by atoms with Crippen LogP contribution in [0.1, 0.15) is 284 Å². The Kier molecular flexibility index (Phi) is 58.6. The van der Waals surface area contributed by atoms with Crippen LogP contribution in [0.15, 0.2) is 109 Å². The maximum atomic E-state index is 13.0. The first-order valence-electron chi connectivity index (χ1n) is 33.2. The summed E-state index contributed by atoms with van der Waals surface area (Å²) >= 11 is 0. The topological polar surface area (TPSA) is 108 Å². The van der Waals surface area contributed by atoms with Gasteiger partial charge in [0.15, 0.2) is 0 Å². The zero-order valence-corrected chi connectivity index (χ0v) is 53.6. The van der Waals surface area contributed by atoms with Gasteiger partial charge in [-0.2, -0.15) is 0 Å². The van der Waals surface area contributed by atoms with E-state index in [0.717, 1.165) is 109 Å². The summed E-state index contributed by atoms with van der Waals surface area (Å²) in [6, 6.07) is -0.816. The molecule has 80 heavy (non-hydrogen) atoms. The van der Waals surface area contributed by atoms with Crippen LogP contribution >= 0.6 is 7.82 Å². The molecule has 462 valence electrons. The van der Waals surface area contributed by atoms with Gasteiger partial charge in [-0.15, -0.1) is 0 Å². The highest BCUT2D eigenvalue weighted by Gasteiger charge is 2.24. The molecule has 0 aromatic heterocycles. The molecule has 0 aliphatic carbocycles. The lowest BCUT2D eigenvalue weighted by atomic mass is 10.0. The number of hydrogen-bond donors (Lipinski definition) is 2. The summed E-state index contributed by atoms with van der Waals surface area (Å²) < 4.78 is 23.5. The summed E-state index contributed by atoms with van der Waals surface area (Å²) in [5, 5.41) is 14.1. The highest BCUT2D eigenvalue weighted by molar-refractivity contribution is 7.45. The van der Waals surface area contributed by atoms with Gasteiger partial charge in [-0.05, 0) is 83.5 Å². The molecule has 0 bridgehead atoms. The molecular formula is C71H127N2O6P. The number of quaternary nitrogens is 1. The Labute approximate surface area is 495 Å². The lowest BCUT2D eigenvalue weighted by Crippen LogP contribution is -2.46. The Morgan fingerprint density at radius 2 is 0.762 bits per heavy atom. The van der Waals surface area contributed by atoms with Gasteiger partial charge >= 0.3 is 0 Å². The van der Waals surface area contributed by atoms with Gasteiger partial charge in [0.25, 0.3) is 7.82 Å². The molecule has 0 heterocycles. The predicted octanol–water partition coefficient (Wildman–Crippen LogP) is 20.5. The number of aliphatic hydroxyl groups excluding tert-OH is 1. The minimum Gasteiger partial charge on any atom is -0.756 e. The summed E-state index contributed by atoms with van der Waals surface area (Å²) in [5.41, 5.74) is 0. The van der Waals surface area contributed by atoms with Crippen LogP contribution in [-0.2, 0) is 18.4 Å². The second-order valence-corrected chi connectivity index (χ2v) is 24.9. The molecule has 3 unspecified atom stereocenters. The number of aliphatic hydroxyl groups is 1. The number of unbranched alkanes of at least 4 members (excludes halogenated alkanes) is 29. The van der Waals surface area contributed by atoms with Crippen molar-refractivity contribution in [3.8, 4) is 0 Å². The maximum Gasteiger partial charge on any atom is 0.268 e. The van der Waals surface area contributed by atoms with Gasteiger partial charge in [-0.3, -0.25) is 9.36 Å². The number of phosphoric acid groups is 1. The first-order chi connectivity index (χ1) is 39.0. The van der Waals surface area contributed by atoms with Crippen molar-refractivity contribution in [1.29, 1.82) is 0 Å². The van der Waals surface area contributed by atoms with Crippen LogP contribution in [0, 0.1) is 0 Å². The highest BCUT2D eigenvalue weighted by Crippen LogP contribution is 2.38. The van der Waals surface area contributed by atoms with E-state index >= 15 is 0 Å². The molecule has 8 nitrogen and oxygen atoms in total. The third kappa shape index (κ3) is 62.8. The van der Waals surface area contributed by atoms with Gasteiger partial charge in [0, 0.05) is 6.42 Å². The number of likely N-dealkylation sites (N-methyl/N-ethyl adjacent to an activating group) is 1. The van der Waals surface area contributed by atoms with Gasteiger partial charge in [-0.1, -0.05) is 303 Å². The van der Waals surface area contributed by atoms with Crippen molar-refractivity contribution < 1.29 is 32.9 Å². The highest BCUT2D eigenvalue weighted by atomic mass is 31.2. The molecular weight excluding hydrogens is 1010 g/mol. The summed E-state index contributed by atoms with van der Waals surface area (Å²) in [4.78, 5) is 25.6. The van der Waals surface area contributed by atoms with E-state index in [4.69, 9.17) is 9.05 Å². The van der Waals surface area contributed by atoms with Crippen molar-refractivity contribution in [3.63, 3.8) is 0 Å². The van der Waals surface area contributed by atoms with Crippen LogP contribution in [0.25, 0.3) is 0 Å². The number of nitrogens with zero attached hydrogens (tertiary/aromatic N) is 1. The minimum atomic E-state index is -4.59. The van der Waals surface area contributed by atoms with Crippen molar-refractivity contribution in [2.75, 3.05) is 40.9 Å². The summed E-state index contributed by atoms with van der Waals surface area (Å²) in [5.74, 6) is -0.177. The summed E-state index contributed by atoms with van der Waals surface area (Å²) in [7, 11) is 1.29. The van der Waals surface area contributed by atoms with Crippen molar-refractivity contribution in [2.24, 2.45) is 0 Å². The third-order valence-corrected chi connectivity index (χ3v) is 15.5. The number of rotatable bonds is 60. The molecule has 0 aromatic rings. The minimum absolute atomic E-state index is 0.00498. The van der Waals surface area contributed by atoms with Crippen LogP contribution in [0.4, 0.5) is 0 Å². The van der Waals surface area contributed by atoms with Crippen LogP contribution in [-0.4, -0.2) is 68.5 Å². The van der Waals surface area contributed by atoms with Gasteiger partial charge in [-0.25, -0.2) is 0 Å². The van der Waals surface area contributed by atoms with E-state index in [-0.39, 0.29) is 19.1 Å². The largest absolute Gasteiger partial charge is 0.756 e. The first kappa shape index (κ1) is 77.2. The van der Waals surface area contributed by atoms with E-state index in [1.54, 1.807) is 0 Å². The van der Waals surface area contributed by atoms with E-state index < -0.39 is 20.0 Å². The van der Waals surface area contributed by atoms with Gasteiger partial charge < -0.3 is 28.8 Å². The Balaban J connectivity index is 4.16. The Bertz CT molecular complexity index is 1670. The Morgan fingerprint density at radius 3 is 1.11 bits per heavy atom. The third-order valence-electron chi connectivity index (χ3n) is 14.5. The second kappa shape index (κ2) is 60.7. The van der Waals surface area contributed by atoms with Crippen LogP contribution in [0.3, 0.4) is 0 Å². The van der Waals surface area contributed by atoms with E-state index in [1.807, 2.05) is 21.1 Å². The second-order valence-electron chi connectivity index (χ2n) is 23.4. The Hall–Kier alpha value is -2.84. The lowest BCUT2D eigenvalue weighted by molar-refractivity contribution is -0.870. The fourth-order valence-electron chi connectivity index (χ4n) is 9.39. The van der Waals surface area contributed by atoms with Crippen LogP contribution in [0.2, 0.25) is 0 Å². The molecule has 0 aromatic carbocycles. The van der Waals surface area contributed by atoms with Crippen LogP contribution in [0.5, 0.6) is 0 Å². The molecule has 3 atom stereocenters. The number of phosphoric ester groups is 1. The number of carbonyl (C=O) groups excluding carboxylic acids is 1. The quantitative estimate of drug-likeness (QED) is 0.0272. The molecule has 0 saturated carbocycles. The molecule has 0 saturated heterocycles. The Morgan fingerprint density at radius 1 is 0.450 bits per heavy atom. The maximum absolute atomic E-state index is 13.0. The van der Waals surface area contributed by atoms with Crippen LogP contribution < -0.4 is 10.2 Å². The monoisotopic (exact) mass is 1130 g/mol. The van der Waals surface area contributed by atoms with Crippen molar-refractivity contribution in [2.45, 2.75) is 296 Å². The average Bonchev–Trinajstić information content (AvgIpc) is 3.42. The molecule has 1 amide bonds. The normalized spacial score (nSPS) is 14.4. The molecule has 0 aliphatic heterocycles. The van der Waals surface area contributed by atoms with Crippen molar-refractivity contribution in [1.82, 2.24) is 5.32 Å². The molecule has 0 spiro atoms. The van der Waals surface area contributed by atoms with E-state index in [2.05, 4.69) is 129 Å². The van der Waals surface area contributed by atoms with Gasteiger partial charge in [0.05, 0.1) is 39.9 Å². The van der Waals surface area contributed by atoms with E-state index in [9.17, 15) is 19.4 Å². The zero-order valence-electron chi connectivity index (χ0n) is 52.7. The number of hydrogen-bond acceptors (Lipinski definition) is 6. The SMILES string of the molecule is CC/C=C\C/C=C\C/C=C\C/C=C\C/C=C\C/C=C\C/C=C\C/C=C\C/C=C\CCCCCCCCCC(=O)NC(COP(=O)([O-])OCC[N+](C)(C)C)C(O)CCCCCCCCCCCCCCCCCCCCCCCCC. The fraction of sp³-hybridized carbons (Fsp3) is 0.732. The van der Waals surface area contributed by atoms with Crippen molar-refractivity contribution >= 4 is 13.7 Å². The number of allylic oxidation sites excluding steroid dienone is 18. The molecule has 0 rings (SSSR count). The zero-order chi connectivity index (χ0) is 58.4. The summed E-state index contributed by atoms with van der Waals surface area (Å²) in [6.45, 7) is 4.62. The smallest absolute Gasteiger partial charge is 0.268 e. The standard InChI is InChI=1S/C71H127N2O6P/c1-6-8-10-12-14-16-18-20-22-24-26-28-30-31-32-33-34-35-36-37-38-39-40-41-43-45-47-49-51-53-55-57-59-61-63-65-71(75)72-69(68-79-80(76,77)78-67-66-73(3,4)5)70(74)64-62-60-58-56-54-52-50-48-46-44-42-29-27-25-23-21-19-17-15-13-11-9-7-2/h8,10,14,16,20,22,26,28,31-32,34-35,37-38,40-41,45,47,69-70,74H,6-7,9,11-13,15,17-19,21,23-25,27,29-30,33,36,39,42-44,46,48-68H2,1-5H3,(H-,72,75,76,77)/b10-8-,16-14-,22-20-,28-26-,32-31-,35-34-,38-37-,41-40-,47-45-. The number of amides is 1. The number of carbonyl (C=O) groups is 1. The fourth-order valence-corrected chi connectivity index (χ4v) is 10.1. The van der Waals surface area contributed by atoms with Gasteiger partial charge in [0.1, 0.15) is 13.2 Å². The van der Waals surface area contributed by atoms with Crippen molar-refractivity contribution in [3.05, 3.63) is 109 Å². The summed E-state index contributed by atoms with van der Waals surface area (Å²) in [6.07, 6.45) is 88.5. The van der Waals surface area contributed by atoms with E-state index in [0.29, 0.717) is 23.9 Å². The van der Waals surface area contributed by atoms with E-state index in [1.165, 1.54) is 148 Å². The molecule has 0 fully saturated rings. The molecule has 9 heteroatoms. The van der Waals surface area contributed by atoms with Gasteiger partial charge in [0.2, 0.25) is 5.91 Å². The first-order valence-corrected chi connectivity index (χ1v) is 34.7. The average molecular weight is 1140 g/mol. The molecule has 0 radical (unpaired) electrons. The predicted molar refractivity (Wildman–Crippen MR) is 348 cm³/mol. The molecule has 0 aliphatic rings. The lowest BCUT2D eigenvalue weighted by Gasteiger charge is -2.30.